The fraction of sp³-hybridized carbons (Fsp3) is 0.0267. The standard InChI is InChI=1S/C75H51N7Si/c1-4-22-53(23-5-1)83(54-24-6-2-7-25-54,55-26-8-3-9-27-55)56-44-40-50(41-45-56)73-76-74(81-69-38-20-14-32-61(69)63-48-51(42-46-71(63)81)79-65-34-16-10-28-57(65)58-29-11-17-35-66(58)79)78-75(77-73)82-70-39-21-15-33-62(70)64-49-52(43-47-72(64)82)80-67-36-18-12-30-59(67)60-31-13-19-37-68(60)80/h1-18,20-36,38-49H,19,37H2. The Bertz CT molecular complexity index is 5110. The molecule has 5 heterocycles. The molecule has 0 fully saturated rings. The van der Waals surface area contributed by atoms with Gasteiger partial charge in [-0.2, -0.15) is 15.0 Å². The Morgan fingerprint density at radius 2 is 0.675 bits per heavy atom. The molecule has 1 aliphatic rings. The van der Waals surface area contributed by atoms with Crippen molar-refractivity contribution >= 4 is 111 Å². The molecule has 0 bridgehead atoms. The van der Waals surface area contributed by atoms with Gasteiger partial charge < -0.3 is 9.13 Å². The largest absolute Gasteiger partial charge is 0.313 e. The molecule has 0 saturated carbocycles. The van der Waals surface area contributed by atoms with E-state index in [9.17, 15) is 0 Å². The zero-order valence-corrected chi connectivity index (χ0v) is 46.2. The highest BCUT2D eigenvalue weighted by molar-refractivity contribution is 7.19. The number of para-hydroxylation sites is 5. The van der Waals surface area contributed by atoms with E-state index in [1.54, 1.807) is 0 Å². The topological polar surface area (TPSA) is 58.4 Å². The van der Waals surface area contributed by atoms with Crippen molar-refractivity contribution in [2.75, 3.05) is 0 Å². The summed E-state index contributed by atoms with van der Waals surface area (Å²) < 4.78 is 9.35. The molecule has 0 unspecified atom stereocenters. The fourth-order valence-electron chi connectivity index (χ4n) is 13.9. The molecule has 17 rings (SSSR count). The molecule has 390 valence electrons. The van der Waals surface area contributed by atoms with Gasteiger partial charge in [0.05, 0.1) is 38.6 Å². The van der Waals surface area contributed by atoms with Crippen LogP contribution >= 0.6 is 0 Å². The molecule has 8 heteroatoms. The number of hydrogen-bond donors (Lipinski definition) is 0. The summed E-state index contributed by atoms with van der Waals surface area (Å²) in [5, 5.41) is 13.4. The minimum absolute atomic E-state index is 0.535. The van der Waals surface area contributed by atoms with Gasteiger partial charge in [-0.15, -0.1) is 0 Å². The molecule has 83 heavy (non-hydrogen) atoms. The Balaban J connectivity index is 0.902. The molecule has 5 aromatic heterocycles. The van der Waals surface area contributed by atoms with Crippen LogP contribution in [0.5, 0.6) is 0 Å². The third-order valence-electron chi connectivity index (χ3n) is 17.5. The summed E-state index contributed by atoms with van der Waals surface area (Å²) in [6.07, 6.45) is 6.61. The second kappa shape index (κ2) is 18.7. The molecule has 0 spiro atoms. The summed E-state index contributed by atoms with van der Waals surface area (Å²) in [5.41, 5.74) is 13.4. The first-order chi connectivity index (χ1) is 41.2. The van der Waals surface area contributed by atoms with Gasteiger partial charge in [-0.1, -0.05) is 218 Å². The number of aromatic nitrogens is 7. The molecule has 11 aromatic carbocycles. The van der Waals surface area contributed by atoms with Crippen molar-refractivity contribution in [1.82, 2.24) is 33.2 Å². The lowest BCUT2D eigenvalue weighted by Crippen LogP contribution is -2.74. The summed E-state index contributed by atoms with van der Waals surface area (Å²) >= 11 is 0. The molecule has 16 aromatic rings. The number of rotatable bonds is 9. The Hall–Kier alpha value is -10.7. The Morgan fingerprint density at radius 1 is 0.301 bits per heavy atom. The predicted octanol–water partition coefficient (Wildman–Crippen LogP) is 15.1. The van der Waals surface area contributed by atoms with Crippen molar-refractivity contribution in [1.29, 1.82) is 0 Å². The number of nitrogens with zero attached hydrogens (tertiary/aromatic N) is 7. The second-order valence-electron chi connectivity index (χ2n) is 21.8. The molecular formula is C75H51N7Si. The fourth-order valence-corrected chi connectivity index (χ4v) is 18.7. The van der Waals surface area contributed by atoms with Crippen LogP contribution in [0.15, 0.2) is 279 Å². The molecule has 0 N–H and O–H groups in total. The number of allylic oxidation sites excluding steroid dienone is 1. The molecule has 0 radical (unpaired) electrons. The minimum Gasteiger partial charge on any atom is -0.313 e. The van der Waals surface area contributed by atoms with Crippen LogP contribution in [0.4, 0.5) is 0 Å². The van der Waals surface area contributed by atoms with E-state index < -0.39 is 8.07 Å². The Kier molecular flexibility index (Phi) is 10.6. The zero-order valence-electron chi connectivity index (χ0n) is 45.2. The van der Waals surface area contributed by atoms with E-state index in [0.717, 1.165) is 73.4 Å². The maximum Gasteiger partial charge on any atom is 0.240 e. The van der Waals surface area contributed by atoms with Crippen LogP contribution < -0.4 is 20.7 Å². The SMILES string of the molecule is C1=Cc2c(n(-c3ccc4c(c3)c3ccccc3n4-c3nc(-c4ccc([Si](c5ccccc5)(c5ccccc5)c5ccccc5)cc4)nc(-n4c5ccccc5c5cc(-n6c7ccccc7c7ccccc76)ccc54)n3)c3ccccc23)CC1. The van der Waals surface area contributed by atoms with Gasteiger partial charge in [0.25, 0.3) is 0 Å². The van der Waals surface area contributed by atoms with E-state index in [1.807, 2.05) is 0 Å². The molecule has 7 nitrogen and oxygen atoms in total. The molecule has 0 saturated heterocycles. The molecular weight excluding hydrogens is 1030 g/mol. The average molecular weight is 1080 g/mol. The minimum atomic E-state index is -2.83. The maximum absolute atomic E-state index is 5.64. The summed E-state index contributed by atoms with van der Waals surface area (Å²) in [6, 6.07) is 99.6. The Morgan fingerprint density at radius 3 is 1.16 bits per heavy atom. The molecule has 1 aliphatic carbocycles. The number of benzene rings is 11. The number of hydrogen-bond acceptors (Lipinski definition) is 3. The average Bonchev–Trinajstić information content (AvgIpc) is 4.02. The highest BCUT2D eigenvalue weighted by atomic mass is 28.3. The van der Waals surface area contributed by atoms with Crippen molar-refractivity contribution in [2.45, 2.75) is 12.8 Å². The van der Waals surface area contributed by atoms with E-state index in [0.29, 0.717) is 17.7 Å². The summed E-state index contributed by atoms with van der Waals surface area (Å²) in [6.45, 7) is 0. The lowest BCUT2D eigenvalue weighted by molar-refractivity contribution is 0.887. The van der Waals surface area contributed by atoms with Crippen molar-refractivity contribution in [3.63, 3.8) is 0 Å². The maximum atomic E-state index is 5.64. The molecule has 0 aliphatic heterocycles. The zero-order chi connectivity index (χ0) is 54.6. The highest BCUT2D eigenvalue weighted by Gasteiger charge is 2.41. The quantitative estimate of drug-likeness (QED) is 0.107. The van der Waals surface area contributed by atoms with Gasteiger partial charge in [0.1, 0.15) is 0 Å². The Labute approximate surface area is 479 Å². The normalized spacial score (nSPS) is 12.7. The van der Waals surface area contributed by atoms with Gasteiger partial charge in [-0.25, -0.2) is 0 Å². The third-order valence-corrected chi connectivity index (χ3v) is 22.3. The van der Waals surface area contributed by atoms with E-state index in [2.05, 4.69) is 303 Å². The van der Waals surface area contributed by atoms with Gasteiger partial charge in [0, 0.05) is 65.9 Å². The van der Waals surface area contributed by atoms with Crippen molar-refractivity contribution in [3.05, 3.63) is 290 Å². The lowest BCUT2D eigenvalue weighted by Gasteiger charge is -2.34. The van der Waals surface area contributed by atoms with Gasteiger partial charge in [0.15, 0.2) is 13.9 Å². The monoisotopic (exact) mass is 1080 g/mol. The lowest BCUT2D eigenvalue weighted by atomic mass is 10.0. The first-order valence-electron chi connectivity index (χ1n) is 28.6. The smallest absolute Gasteiger partial charge is 0.240 e. The summed E-state index contributed by atoms with van der Waals surface area (Å²) in [7, 11) is -2.83. The van der Waals surface area contributed by atoms with Crippen LogP contribution in [0, 0.1) is 0 Å². The second-order valence-corrected chi connectivity index (χ2v) is 25.6. The van der Waals surface area contributed by atoms with Crippen LogP contribution in [0.25, 0.3) is 117 Å². The van der Waals surface area contributed by atoms with Crippen LogP contribution in [-0.4, -0.2) is 41.3 Å². The van der Waals surface area contributed by atoms with Crippen LogP contribution in [0.1, 0.15) is 17.7 Å². The summed E-state index contributed by atoms with van der Waals surface area (Å²) in [4.78, 5) is 16.8. The van der Waals surface area contributed by atoms with Crippen LogP contribution in [0.2, 0.25) is 0 Å². The highest BCUT2D eigenvalue weighted by Crippen LogP contribution is 2.40. The number of fused-ring (bicyclic) bond motifs is 12. The van der Waals surface area contributed by atoms with Gasteiger partial charge in [-0.3, -0.25) is 9.13 Å². The molecule has 0 amide bonds. The van der Waals surface area contributed by atoms with Crippen LogP contribution in [0.3, 0.4) is 0 Å². The van der Waals surface area contributed by atoms with Crippen LogP contribution in [-0.2, 0) is 6.42 Å². The van der Waals surface area contributed by atoms with E-state index in [-0.39, 0.29) is 0 Å². The van der Waals surface area contributed by atoms with Gasteiger partial charge in [0.2, 0.25) is 11.9 Å². The summed E-state index contributed by atoms with van der Waals surface area (Å²) in [5.74, 6) is 1.65. The van der Waals surface area contributed by atoms with E-state index >= 15 is 0 Å². The van der Waals surface area contributed by atoms with Crippen molar-refractivity contribution < 1.29 is 0 Å². The van der Waals surface area contributed by atoms with Gasteiger partial charge >= 0.3 is 0 Å². The van der Waals surface area contributed by atoms with E-state index in [4.69, 9.17) is 15.0 Å². The first-order valence-corrected chi connectivity index (χ1v) is 30.6. The predicted molar refractivity (Wildman–Crippen MR) is 346 cm³/mol. The molecule has 0 atom stereocenters. The first kappa shape index (κ1) is 47.2. The van der Waals surface area contributed by atoms with Gasteiger partial charge in [-0.05, 0) is 100 Å². The van der Waals surface area contributed by atoms with Crippen molar-refractivity contribution in [2.24, 2.45) is 0 Å². The third kappa shape index (κ3) is 7.13. The van der Waals surface area contributed by atoms with Crippen molar-refractivity contribution in [3.8, 4) is 34.7 Å². The van der Waals surface area contributed by atoms with E-state index in [1.165, 1.54) is 64.7 Å².